The second kappa shape index (κ2) is 6.34. The second-order valence-corrected chi connectivity index (χ2v) is 5.41. The number of hydrogen-bond acceptors (Lipinski definition) is 6. The highest BCUT2D eigenvalue weighted by Crippen LogP contribution is 2.22. The van der Waals surface area contributed by atoms with Crippen molar-refractivity contribution in [3.8, 4) is 0 Å². The minimum absolute atomic E-state index is 0.0553. The van der Waals surface area contributed by atoms with Crippen LogP contribution in [0.2, 0.25) is 0 Å². The van der Waals surface area contributed by atoms with E-state index >= 15 is 0 Å². The van der Waals surface area contributed by atoms with Gasteiger partial charge in [-0.05, 0) is 6.92 Å². The number of aromatic nitrogens is 1. The monoisotopic (exact) mass is 293 g/mol. The molecule has 0 aliphatic carbocycles. The highest BCUT2D eigenvalue weighted by atomic mass is 16.5. The molecule has 0 atom stereocenters. The van der Waals surface area contributed by atoms with Crippen LogP contribution in [0.3, 0.4) is 0 Å². The Balaban J connectivity index is 3.14. The minimum atomic E-state index is -1.00. The van der Waals surface area contributed by atoms with Crippen molar-refractivity contribution in [3.05, 3.63) is 17.8 Å². The van der Waals surface area contributed by atoms with Crippen LogP contribution < -0.4 is 11.1 Å². The van der Waals surface area contributed by atoms with E-state index in [4.69, 9.17) is 5.73 Å². The summed E-state index contributed by atoms with van der Waals surface area (Å²) in [5.41, 5.74) is 4.98. The molecule has 1 amide bonds. The van der Waals surface area contributed by atoms with E-state index in [9.17, 15) is 14.4 Å². The van der Waals surface area contributed by atoms with Crippen LogP contribution in [-0.4, -0.2) is 29.3 Å². The van der Waals surface area contributed by atoms with Gasteiger partial charge in [0.15, 0.2) is 0 Å². The van der Waals surface area contributed by atoms with E-state index in [2.05, 4.69) is 15.0 Å². The van der Waals surface area contributed by atoms with Gasteiger partial charge in [0.25, 0.3) is 5.78 Å². The SMILES string of the molecule is CCOC(=O)C(=O)c1cnc(N)cc1NC(=O)C(C)(C)C. The summed E-state index contributed by atoms with van der Waals surface area (Å²) in [6, 6.07) is 1.33. The molecule has 7 nitrogen and oxygen atoms in total. The lowest BCUT2D eigenvalue weighted by atomic mass is 9.95. The molecule has 0 radical (unpaired) electrons. The van der Waals surface area contributed by atoms with Crippen molar-refractivity contribution in [2.24, 2.45) is 5.41 Å². The molecule has 0 spiro atoms. The van der Waals surface area contributed by atoms with Gasteiger partial charge in [0, 0.05) is 17.7 Å². The first kappa shape index (κ1) is 16.6. The van der Waals surface area contributed by atoms with Crippen LogP contribution in [0.1, 0.15) is 38.1 Å². The van der Waals surface area contributed by atoms with Gasteiger partial charge in [-0.15, -0.1) is 0 Å². The molecule has 0 fully saturated rings. The third kappa shape index (κ3) is 4.27. The predicted octanol–water partition coefficient (Wildman–Crippen LogP) is 1.39. The van der Waals surface area contributed by atoms with Gasteiger partial charge in [-0.3, -0.25) is 9.59 Å². The topological polar surface area (TPSA) is 111 Å². The molecule has 0 aliphatic heterocycles. The van der Waals surface area contributed by atoms with Crippen LogP contribution >= 0.6 is 0 Å². The molecule has 7 heteroatoms. The number of nitrogens with one attached hydrogen (secondary N) is 1. The van der Waals surface area contributed by atoms with Crippen molar-refractivity contribution in [1.82, 2.24) is 4.98 Å². The van der Waals surface area contributed by atoms with Crippen LogP contribution in [0.5, 0.6) is 0 Å². The molecular weight excluding hydrogens is 274 g/mol. The molecule has 0 saturated carbocycles. The summed E-state index contributed by atoms with van der Waals surface area (Å²) < 4.78 is 4.66. The minimum Gasteiger partial charge on any atom is -0.460 e. The number of carbonyl (C=O) groups is 3. The van der Waals surface area contributed by atoms with Gasteiger partial charge in [-0.25, -0.2) is 9.78 Å². The number of nitrogens with zero attached hydrogens (tertiary/aromatic N) is 1. The fraction of sp³-hybridized carbons (Fsp3) is 0.429. The number of nitrogens with two attached hydrogens (primary N) is 1. The number of carbonyl (C=O) groups excluding carboxylic acids is 3. The molecule has 114 valence electrons. The first-order valence-corrected chi connectivity index (χ1v) is 6.45. The molecule has 0 saturated heterocycles. The van der Waals surface area contributed by atoms with Gasteiger partial charge in [0.1, 0.15) is 5.82 Å². The number of esters is 1. The number of pyridine rings is 1. The normalized spacial score (nSPS) is 10.9. The Kier molecular flexibility index (Phi) is 5.02. The van der Waals surface area contributed by atoms with Crippen molar-refractivity contribution in [2.45, 2.75) is 27.7 Å². The zero-order valence-corrected chi connectivity index (χ0v) is 12.5. The van der Waals surface area contributed by atoms with Crippen LogP contribution in [-0.2, 0) is 14.3 Å². The fourth-order valence-corrected chi connectivity index (χ4v) is 1.37. The van der Waals surface area contributed by atoms with Crippen molar-refractivity contribution >= 4 is 29.2 Å². The molecule has 0 aromatic carbocycles. The van der Waals surface area contributed by atoms with Crippen molar-refractivity contribution in [1.29, 1.82) is 0 Å². The average Bonchev–Trinajstić information content (AvgIpc) is 2.37. The molecule has 0 aliphatic rings. The predicted molar refractivity (Wildman–Crippen MR) is 77.7 cm³/mol. The quantitative estimate of drug-likeness (QED) is 0.493. The smallest absolute Gasteiger partial charge is 0.379 e. The average molecular weight is 293 g/mol. The number of Topliss-reactive ketones (excluding diaryl/α,β-unsaturated/α-hetero) is 1. The van der Waals surface area contributed by atoms with E-state index in [0.717, 1.165) is 6.20 Å². The highest BCUT2D eigenvalue weighted by molar-refractivity contribution is 6.42. The largest absolute Gasteiger partial charge is 0.460 e. The maximum absolute atomic E-state index is 12.0. The Morgan fingerprint density at radius 3 is 2.48 bits per heavy atom. The molecule has 3 N–H and O–H groups in total. The lowest BCUT2D eigenvalue weighted by Gasteiger charge is -2.19. The molecule has 1 heterocycles. The molecule has 1 rings (SSSR count). The van der Waals surface area contributed by atoms with Crippen LogP contribution in [0.25, 0.3) is 0 Å². The van der Waals surface area contributed by atoms with Gasteiger partial charge in [-0.1, -0.05) is 20.8 Å². The summed E-state index contributed by atoms with van der Waals surface area (Å²) in [6.07, 6.45) is 1.15. The lowest BCUT2D eigenvalue weighted by molar-refractivity contribution is -0.137. The Bertz CT molecular complexity index is 576. The standard InChI is InChI=1S/C14H19N3O4/c1-5-21-12(19)11(18)8-7-16-10(15)6-9(8)17-13(20)14(2,3)4/h6-7H,5H2,1-4H3,(H3,15,16,17,20). The van der Waals surface area contributed by atoms with Crippen LogP contribution in [0.4, 0.5) is 11.5 Å². The van der Waals surface area contributed by atoms with E-state index in [1.807, 2.05) is 0 Å². The van der Waals surface area contributed by atoms with E-state index in [0.29, 0.717) is 0 Å². The Morgan fingerprint density at radius 1 is 1.33 bits per heavy atom. The van der Waals surface area contributed by atoms with Gasteiger partial charge >= 0.3 is 5.97 Å². The van der Waals surface area contributed by atoms with Crippen LogP contribution in [0, 0.1) is 5.41 Å². The molecule has 0 bridgehead atoms. The lowest BCUT2D eigenvalue weighted by Crippen LogP contribution is -2.29. The number of nitrogen functional groups attached to an aromatic ring is 1. The summed E-state index contributed by atoms with van der Waals surface area (Å²) in [5.74, 6) is -2.07. The number of ketones is 1. The van der Waals surface area contributed by atoms with Crippen molar-refractivity contribution < 1.29 is 19.1 Å². The first-order chi connectivity index (χ1) is 9.66. The van der Waals surface area contributed by atoms with Crippen molar-refractivity contribution in [2.75, 3.05) is 17.7 Å². The molecule has 21 heavy (non-hydrogen) atoms. The number of amides is 1. The number of rotatable bonds is 4. The van der Waals surface area contributed by atoms with Gasteiger partial charge < -0.3 is 15.8 Å². The summed E-state index contributed by atoms with van der Waals surface area (Å²) >= 11 is 0. The van der Waals surface area contributed by atoms with Gasteiger partial charge in [-0.2, -0.15) is 0 Å². The zero-order valence-electron chi connectivity index (χ0n) is 12.5. The van der Waals surface area contributed by atoms with Crippen molar-refractivity contribution in [3.63, 3.8) is 0 Å². The van der Waals surface area contributed by atoms with E-state index in [1.54, 1.807) is 27.7 Å². The summed E-state index contributed by atoms with van der Waals surface area (Å²) in [7, 11) is 0. The van der Waals surface area contributed by atoms with Gasteiger partial charge in [0.2, 0.25) is 5.91 Å². The fourth-order valence-electron chi connectivity index (χ4n) is 1.37. The highest BCUT2D eigenvalue weighted by Gasteiger charge is 2.26. The third-order valence-corrected chi connectivity index (χ3v) is 2.56. The maximum Gasteiger partial charge on any atom is 0.379 e. The number of ether oxygens (including phenoxy) is 1. The number of anilines is 2. The Hall–Kier alpha value is -2.44. The Labute approximate surface area is 122 Å². The zero-order chi connectivity index (χ0) is 16.2. The summed E-state index contributed by atoms with van der Waals surface area (Å²) in [5, 5.41) is 2.58. The summed E-state index contributed by atoms with van der Waals surface area (Å²) in [4.78, 5) is 39.3. The van der Waals surface area contributed by atoms with Gasteiger partial charge in [0.05, 0.1) is 17.9 Å². The third-order valence-electron chi connectivity index (χ3n) is 2.56. The maximum atomic E-state index is 12.0. The van der Waals surface area contributed by atoms with E-state index < -0.39 is 17.2 Å². The molecule has 1 aromatic heterocycles. The van der Waals surface area contributed by atoms with E-state index in [-0.39, 0.29) is 29.6 Å². The first-order valence-electron chi connectivity index (χ1n) is 6.45. The molecule has 1 aromatic rings. The van der Waals surface area contributed by atoms with Crippen LogP contribution in [0.15, 0.2) is 12.3 Å². The van der Waals surface area contributed by atoms with E-state index in [1.165, 1.54) is 6.07 Å². The molecule has 0 unspecified atom stereocenters. The summed E-state index contributed by atoms with van der Waals surface area (Å²) in [6.45, 7) is 6.84. The second-order valence-electron chi connectivity index (χ2n) is 5.41. The molecular formula is C14H19N3O4. The number of hydrogen-bond donors (Lipinski definition) is 2. The Morgan fingerprint density at radius 2 is 1.95 bits per heavy atom.